The Balaban J connectivity index is 1.18. The lowest BCUT2D eigenvalue weighted by Gasteiger charge is -2.37. The second kappa shape index (κ2) is 11.5. The minimum Gasteiger partial charge on any atom is -0.494 e. The summed E-state index contributed by atoms with van der Waals surface area (Å²) in [5.74, 6) is 0.902. The van der Waals surface area contributed by atoms with Crippen LogP contribution >= 0.6 is 0 Å². The van der Waals surface area contributed by atoms with Crippen LogP contribution in [0.25, 0.3) is 0 Å². The zero-order valence-electron chi connectivity index (χ0n) is 20.0. The van der Waals surface area contributed by atoms with Crippen molar-refractivity contribution in [2.24, 2.45) is 0 Å². The molecule has 6 nitrogen and oxygen atoms in total. The van der Waals surface area contributed by atoms with Gasteiger partial charge in [-0.05, 0) is 68.0 Å². The number of nitrogens with one attached hydrogen (secondary N) is 1. The summed E-state index contributed by atoms with van der Waals surface area (Å²) in [4.78, 5) is 17.0. The Kier molecular flexibility index (Phi) is 8.24. The van der Waals surface area contributed by atoms with E-state index in [9.17, 15) is 4.79 Å². The van der Waals surface area contributed by atoms with E-state index in [1.807, 2.05) is 6.07 Å². The Bertz CT molecular complexity index is 919. The fourth-order valence-electron chi connectivity index (χ4n) is 4.59. The molecule has 1 N–H and O–H groups in total. The summed E-state index contributed by atoms with van der Waals surface area (Å²) in [6.07, 6.45) is 2.32. The van der Waals surface area contributed by atoms with Crippen molar-refractivity contribution in [1.29, 1.82) is 0 Å². The lowest BCUT2D eigenvalue weighted by molar-refractivity contribution is -0.130. The Labute approximate surface area is 197 Å². The SMILES string of the molecule is Cc1cccc(N2CCN(Cc3cccc(OCCCNC(=O)C4CCCO4)c3)CC2)c1C. The van der Waals surface area contributed by atoms with E-state index in [2.05, 4.69) is 65.4 Å². The van der Waals surface area contributed by atoms with Crippen molar-refractivity contribution in [3.63, 3.8) is 0 Å². The maximum atomic E-state index is 12.0. The van der Waals surface area contributed by atoms with Gasteiger partial charge in [-0.15, -0.1) is 0 Å². The molecule has 2 aromatic rings. The van der Waals surface area contributed by atoms with Gasteiger partial charge in [0.1, 0.15) is 11.9 Å². The number of aryl methyl sites for hydroxylation is 1. The minimum absolute atomic E-state index is 0.00662. The monoisotopic (exact) mass is 451 g/mol. The van der Waals surface area contributed by atoms with Crippen molar-refractivity contribution in [3.8, 4) is 5.75 Å². The number of ether oxygens (including phenoxy) is 2. The maximum Gasteiger partial charge on any atom is 0.249 e. The largest absolute Gasteiger partial charge is 0.494 e. The van der Waals surface area contributed by atoms with Crippen molar-refractivity contribution in [3.05, 3.63) is 59.2 Å². The summed E-state index contributed by atoms with van der Waals surface area (Å²) < 4.78 is 11.3. The number of hydrogen-bond acceptors (Lipinski definition) is 5. The van der Waals surface area contributed by atoms with Crippen LogP contribution in [0.4, 0.5) is 5.69 Å². The third-order valence-electron chi connectivity index (χ3n) is 6.70. The molecule has 178 valence electrons. The van der Waals surface area contributed by atoms with Crippen LogP contribution in [0.2, 0.25) is 0 Å². The lowest BCUT2D eigenvalue weighted by atomic mass is 10.1. The molecule has 2 aliphatic heterocycles. The molecule has 0 bridgehead atoms. The summed E-state index contributed by atoms with van der Waals surface area (Å²) in [6, 6.07) is 15.0. The van der Waals surface area contributed by atoms with Gasteiger partial charge in [-0.25, -0.2) is 0 Å². The number of piperazine rings is 1. The van der Waals surface area contributed by atoms with Crippen molar-refractivity contribution >= 4 is 11.6 Å². The first-order chi connectivity index (χ1) is 16.1. The summed E-state index contributed by atoms with van der Waals surface area (Å²) in [6.45, 7) is 11.5. The summed E-state index contributed by atoms with van der Waals surface area (Å²) in [7, 11) is 0. The molecule has 6 heteroatoms. The molecule has 1 unspecified atom stereocenters. The van der Waals surface area contributed by atoms with Gasteiger partial charge in [0, 0.05) is 51.6 Å². The van der Waals surface area contributed by atoms with E-state index in [0.717, 1.165) is 57.7 Å². The van der Waals surface area contributed by atoms with Crippen LogP contribution in [0, 0.1) is 13.8 Å². The van der Waals surface area contributed by atoms with Gasteiger partial charge in [-0.2, -0.15) is 0 Å². The van der Waals surface area contributed by atoms with Gasteiger partial charge in [-0.1, -0.05) is 24.3 Å². The highest BCUT2D eigenvalue weighted by Crippen LogP contribution is 2.24. The molecule has 2 aliphatic rings. The number of carbonyl (C=O) groups excluding carboxylic acids is 1. The van der Waals surface area contributed by atoms with Crippen LogP contribution in [0.5, 0.6) is 5.75 Å². The molecule has 2 fully saturated rings. The average molecular weight is 452 g/mol. The van der Waals surface area contributed by atoms with Crippen molar-refractivity contribution in [1.82, 2.24) is 10.2 Å². The van der Waals surface area contributed by atoms with E-state index in [-0.39, 0.29) is 12.0 Å². The zero-order chi connectivity index (χ0) is 23.0. The molecule has 33 heavy (non-hydrogen) atoms. The van der Waals surface area contributed by atoms with Crippen LogP contribution in [-0.2, 0) is 16.1 Å². The fraction of sp³-hybridized carbons (Fsp3) is 0.519. The second-order valence-corrected chi connectivity index (χ2v) is 9.12. The third kappa shape index (κ3) is 6.49. The van der Waals surface area contributed by atoms with E-state index in [0.29, 0.717) is 19.8 Å². The Morgan fingerprint density at radius 3 is 2.73 bits per heavy atom. The van der Waals surface area contributed by atoms with Gasteiger partial charge in [0.2, 0.25) is 5.91 Å². The molecule has 2 saturated heterocycles. The van der Waals surface area contributed by atoms with Crippen LogP contribution < -0.4 is 15.0 Å². The summed E-state index contributed by atoms with van der Waals surface area (Å²) in [5.41, 5.74) is 5.40. The predicted molar refractivity (Wildman–Crippen MR) is 132 cm³/mol. The van der Waals surface area contributed by atoms with E-state index in [4.69, 9.17) is 9.47 Å². The first kappa shape index (κ1) is 23.6. The fourth-order valence-corrected chi connectivity index (χ4v) is 4.59. The quantitative estimate of drug-likeness (QED) is 0.590. The summed E-state index contributed by atoms with van der Waals surface area (Å²) in [5, 5.41) is 2.94. The van der Waals surface area contributed by atoms with Crippen molar-refractivity contribution in [2.75, 3.05) is 50.8 Å². The summed E-state index contributed by atoms with van der Waals surface area (Å²) >= 11 is 0. The molecule has 0 saturated carbocycles. The standard InChI is InChI=1S/C27H37N3O3/c1-21-7-3-10-25(22(21)2)30-15-13-29(14-16-30)20-23-8-4-9-24(19-23)32-18-6-12-28-27(31)26-11-5-17-33-26/h3-4,7-10,19,26H,5-6,11-18,20H2,1-2H3,(H,28,31). The normalized spacial score (nSPS) is 19.0. The number of anilines is 1. The Morgan fingerprint density at radius 2 is 1.94 bits per heavy atom. The smallest absolute Gasteiger partial charge is 0.249 e. The molecule has 0 aliphatic carbocycles. The predicted octanol–water partition coefficient (Wildman–Crippen LogP) is 3.69. The van der Waals surface area contributed by atoms with E-state index < -0.39 is 0 Å². The van der Waals surface area contributed by atoms with Crippen LogP contribution in [0.3, 0.4) is 0 Å². The zero-order valence-corrected chi connectivity index (χ0v) is 20.0. The topological polar surface area (TPSA) is 54.0 Å². The molecular formula is C27H37N3O3. The Hall–Kier alpha value is -2.57. The highest BCUT2D eigenvalue weighted by atomic mass is 16.5. The van der Waals surface area contributed by atoms with E-state index in [1.54, 1.807) is 0 Å². The number of rotatable bonds is 9. The molecule has 0 aromatic heterocycles. The first-order valence-corrected chi connectivity index (χ1v) is 12.2. The van der Waals surface area contributed by atoms with Gasteiger partial charge < -0.3 is 19.7 Å². The molecule has 2 aromatic carbocycles. The second-order valence-electron chi connectivity index (χ2n) is 9.12. The lowest BCUT2D eigenvalue weighted by Crippen LogP contribution is -2.46. The molecule has 1 atom stereocenters. The molecular weight excluding hydrogens is 414 g/mol. The number of nitrogens with zero attached hydrogens (tertiary/aromatic N) is 2. The highest BCUT2D eigenvalue weighted by molar-refractivity contribution is 5.80. The number of amides is 1. The minimum atomic E-state index is -0.259. The number of hydrogen-bond donors (Lipinski definition) is 1. The molecule has 0 radical (unpaired) electrons. The molecule has 2 heterocycles. The van der Waals surface area contributed by atoms with Crippen LogP contribution in [-0.4, -0.2) is 62.8 Å². The van der Waals surface area contributed by atoms with Gasteiger partial charge in [-0.3, -0.25) is 9.69 Å². The molecule has 4 rings (SSSR count). The van der Waals surface area contributed by atoms with Gasteiger partial charge in [0.15, 0.2) is 0 Å². The number of benzene rings is 2. The van der Waals surface area contributed by atoms with Gasteiger partial charge >= 0.3 is 0 Å². The molecule has 1 amide bonds. The van der Waals surface area contributed by atoms with Gasteiger partial charge in [0.05, 0.1) is 6.61 Å². The first-order valence-electron chi connectivity index (χ1n) is 12.2. The maximum absolute atomic E-state index is 12.0. The Morgan fingerprint density at radius 1 is 1.12 bits per heavy atom. The van der Waals surface area contributed by atoms with Crippen LogP contribution in [0.1, 0.15) is 36.0 Å². The molecule has 0 spiro atoms. The van der Waals surface area contributed by atoms with Crippen molar-refractivity contribution < 1.29 is 14.3 Å². The highest BCUT2D eigenvalue weighted by Gasteiger charge is 2.23. The van der Waals surface area contributed by atoms with E-state index >= 15 is 0 Å². The average Bonchev–Trinajstić information content (AvgIpc) is 3.37. The van der Waals surface area contributed by atoms with E-state index in [1.165, 1.54) is 22.4 Å². The number of carbonyl (C=O) groups is 1. The van der Waals surface area contributed by atoms with Gasteiger partial charge in [0.25, 0.3) is 0 Å². The third-order valence-corrected chi connectivity index (χ3v) is 6.70. The van der Waals surface area contributed by atoms with Crippen molar-refractivity contribution in [2.45, 2.75) is 45.8 Å². The van der Waals surface area contributed by atoms with Crippen LogP contribution in [0.15, 0.2) is 42.5 Å².